The van der Waals surface area contributed by atoms with Crippen molar-refractivity contribution in [3.8, 4) is 0 Å². The summed E-state index contributed by atoms with van der Waals surface area (Å²) in [5, 5.41) is 0. The molecule has 17 heavy (non-hydrogen) atoms. The summed E-state index contributed by atoms with van der Waals surface area (Å²) in [4.78, 5) is 2.67. The fraction of sp³-hybridized carbons (Fsp3) is 1.00. The summed E-state index contributed by atoms with van der Waals surface area (Å²) in [5.41, 5.74) is 5.50. The molecule has 0 spiro atoms. The molecule has 0 amide bonds. The lowest BCUT2D eigenvalue weighted by Gasteiger charge is -2.28. The summed E-state index contributed by atoms with van der Waals surface area (Å²) in [6.07, 6.45) is 10.5. The smallest absolute Gasteiger partial charge is 0.00643 e. The Morgan fingerprint density at radius 3 is 2.06 bits per heavy atom. The Morgan fingerprint density at radius 1 is 0.882 bits per heavy atom. The Morgan fingerprint density at radius 2 is 1.47 bits per heavy atom. The van der Waals surface area contributed by atoms with Crippen molar-refractivity contribution >= 4 is 0 Å². The topological polar surface area (TPSA) is 29.3 Å². The molecule has 0 rings (SSSR count). The van der Waals surface area contributed by atoms with Crippen LogP contribution in [0.2, 0.25) is 0 Å². The third-order valence-corrected chi connectivity index (χ3v) is 3.66. The van der Waals surface area contributed by atoms with Gasteiger partial charge in [0.2, 0.25) is 0 Å². The molecule has 0 aromatic rings. The summed E-state index contributed by atoms with van der Waals surface area (Å²) in [5.74, 6) is 0. The van der Waals surface area contributed by atoms with E-state index in [0.29, 0.717) is 0 Å². The van der Waals surface area contributed by atoms with Crippen LogP contribution in [0.5, 0.6) is 0 Å². The van der Waals surface area contributed by atoms with E-state index in [0.717, 1.165) is 12.6 Å². The van der Waals surface area contributed by atoms with Gasteiger partial charge in [-0.2, -0.15) is 0 Å². The highest BCUT2D eigenvalue weighted by atomic mass is 15.1. The molecule has 0 aromatic heterocycles. The van der Waals surface area contributed by atoms with Gasteiger partial charge in [0, 0.05) is 6.04 Å². The molecule has 2 N–H and O–H groups in total. The lowest BCUT2D eigenvalue weighted by Crippen LogP contribution is -2.34. The maximum absolute atomic E-state index is 5.50. The maximum atomic E-state index is 5.50. The minimum Gasteiger partial charge on any atom is -0.330 e. The van der Waals surface area contributed by atoms with Crippen LogP contribution in [0.15, 0.2) is 0 Å². The molecule has 0 radical (unpaired) electrons. The highest BCUT2D eigenvalue weighted by Gasteiger charge is 2.10. The third-order valence-electron chi connectivity index (χ3n) is 3.66. The molecule has 1 atom stereocenters. The first-order chi connectivity index (χ1) is 8.26. The van der Waals surface area contributed by atoms with Crippen molar-refractivity contribution in [1.82, 2.24) is 4.90 Å². The predicted octanol–water partition coefficient (Wildman–Crippen LogP) is 3.80. The van der Waals surface area contributed by atoms with Crippen LogP contribution in [-0.2, 0) is 0 Å². The maximum Gasteiger partial charge on any atom is 0.00643 e. The first kappa shape index (κ1) is 16.9. The van der Waals surface area contributed by atoms with Crippen LogP contribution in [0.1, 0.15) is 72.1 Å². The Hall–Kier alpha value is -0.0800. The van der Waals surface area contributed by atoms with Gasteiger partial charge in [-0.15, -0.1) is 0 Å². The van der Waals surface area contributed by atoms with E-state index < -0.39 is 0 Å². The van der Waals surface area contributed by atoms with Gasteiger partial charge >= 0.3 is 0 Å². The van der Waals surface area contributed by atoms with Gasteiger partial charge in [-0.1, -0.05) is 39.5 Å². The Labute approximate surface area is 109 Å². The zero-order valence-electron chi connectivity index (χ0n) is 12.4. The van der Waals surface area contributed by atoms with Gasteiger partial charge in [-0.3, -0.25) is 0 Å². The molecule has 0 saturated heterocycles. The van der Waals surface area contributed by atoms with Crippen LogP contribution < -0.4 is 5.73 Å². The van der Waals surface area contributed by atoms with E-state index in [-0.39, 0.29) is 0 Å². The fourth-order valence-corrected chi connectivity index (χ4v) is 2.16. The van der Waals surface area contributed by atoms with Crippen LogP contribution in [0.25, 0.3) is 0 Å². The van der Waals surface area contributed by atoms with Crippen LogP contribution >= 0.6 is 0 Å². The van der Waals surface area contributed by atoms with Crippen molar-refractivity contribution in [1.29, 1.82) is 0 Å². The van der Waals surface area contributed by atoms with Gasteiger partial charge in [0.1, 0.15) is 0 Å². The summed E-state index contributed by atoms with van der Waals surface area (Å²) in [6, 6.07) is 0.755. The summed E-state index contributed by atoms with van der Waals surface area (Å²) in [6.45, 7) is 10.4. The molecular formula is C15H34N2. The van der Waals surface area contributed by atoms with E-state index in [2.05, 4.69) is 25.7 Å². The number of nitrogens with zero attached hydrogens (tertiary/aromatic N) is 1. The molecule has 0 aliphatic heterocycles. The minimum absolute atomic E-state index is 0.755. The largest absolute Gasteiger partial charge is 0.330 e. The summed E-state index contributed by atoms with van der Waals surface area (Å²) in [7, 11) is 0. The number of hydrogen-bond donors (Lipinski definition) is 1. The van der Waals surface area contributed by atoms with Gasteiger partial charge in [0.15, 0.2) is 0 Å². The van der Waals surface area contributed by atoms with E-state index in [4.69, 9.17) is 5.73 Å². The Kier molecular flexibility index (Phi) is 12.3. The molecule has 0 bridgehead atoms. The SMILES string of the molecule is CCCCN(CCCCCCCN)C(C)CC. The fourth-order valence-electron chi connectivity index (χ4n) is 2.16. The van der Waals surface area contributed by atoms with Crippen LogP contribution in [0, 0.1) is 0 Å². The van der Waals surface area contributed by atoms with Gasteiger partial charge in [-0.05, 0) is 52.2 Å². The van der Waals surface area contributed by atoms with Gasteiger partial charge < -0.3 is 10.6 Å². The molecule has 0 aliphatic rings. The molecule has 1 unspecified atom stereocenters. The quantitative estimate of drug-likeness (QED) is 0.528. The van der Waals surface area contributed by atoms with Crippen LogP contribution in [-0.4, -0.2) is 30.6 Å². The standard InChI is InChI=1S/C15H34N2/c1-4-6-13-17(15(3)5-2)14-11-9-7-8-10-12-16/h15H,4-14,16H2,1-3H3. The van der Waals surface area contributed by atoms with E-state index in [9.17, 15) is 0 Å². The molecule has 0 saturated carbocycles. The lowest BCUT2D eigenvalue weighted by atomic mass is 10.1. The number of rotatable bonds is 12. The monoisotopic (exact) mass is 242 g/mol. The van der Waals surface area contributed by atoms with Crippen molar-refractivity contribution in [3.05, 3.63) is 0 Å². The average Bonchev–Trinajstić information content (AvgIpc) is 2.36. The highest BCUT2D eigenvalue weighted by molar-refractivity contribution is 4.65. The van der Waals surface area contributed by atoms with Gasteiger partial charge in [0.25, 0.3) is 0 Å². The van der Waals surface area contributed by atoms with Crippen LogP contribution in [0.4, 0.5) is 0 Å². The molecule has 0 aliphatic carbocycles. The normalized spacial score (nSPS) is 13.2. The van der Waals surface area contributed by atoms with E-state index >= 15 is 0 Å². The van der Waals surface area contributed by atoms with E-state index in [1.807, 2.05) is 0 Å². The van der Waals surface area contributed by atoms with Crippen molar-refractivity contribution < 1.29 is 0 Å². The number of hydrogen-bond acceptors (Lipinski definition) is 2. The Balaban J connectivity index is 3.60. The van der Waals surface area contributed by atoms with Crippen molar-refractivity contribution in [2.24, 2.45) is 5.73 Å². The molecule has 2 nitrogen and oxygen atoms in total. The second-order valence-corrected chi connectivity index (χ2v) is 5.20. The van der Waals surface area contributed by atoms with Crippen molar-refractivity contribution in [2.45, 2.75) is 78.2 Å². The highest BCUT2D eigenvalue weighted by Crippen LogP contribution is 2.09. The number of unbranched alkanes of at least 4 members (excludes halogenated alkanes) is 5. The lowest BCUT2D eigenvalue weighted by molar-refractivity contribution is 0.196. The zero-order valence-corrected chi connectivity index (χ0v) is 12.4. The molecule has 104 valence electrons. The minimum atomic E-state index is 0.755. The van der Waals surface area contributed by atoms with E-state index in [1.165, 1.54) is 64.5 Å². The number of nitrogens with two attached hydrogens (primary N) is 1. The van der Waals surface area contributed by atoms with E-state index in [1.54, 1.807) is 0 Å². The first-order valence-electron chi connectivity index (χ1n) is 7.70. The summed E-state index contributed by atoms with van der Waals surface area (Å²) >= 11 is 0. The second-order valence-electron chi connectivity index (χ2n) is 5.20. The average molecular weight is 242 g/mol. The molecule has 0 heterocycles. The molecule has 0 fully saturated rings. The molecular weight excluding hydrogens is 208 g/mol. The molecule has 0 aromatic carbocycles. The zero-order chi connectivity index (χ0) is 12.9. The Bertz CT molecular complexity index is 148. The third kappa shape index (κ3) is 9.61. The second kappa shape index (κ2) is 12.4. The van der Waals surface area contributed by atoms with Crippen molar-refractivity contribution in [3.63, 3.8) is 0 Å². The van der Waals surface area contributed by atoms with Gasteiger partial charge in [-0.25, -0.2) is 0 Å². The predicted molar refractivity (Wildman–Crippen MR) is 78.4 cm³/mol. The van der Waals surface area contributed by atoms with Gasteiger partial charge in [0.05, 0.1) is 0 Å². The van der Waals surface area contributed by atoms with Crippen molar-refractivity contribution in [2.75, 3.05) is 19.6 Å². The van der Waals surface area contributed by atoms with Crippen LogP contribution in [0.3, 0.4) is 0 Å². The summed E-state index contributed by atoms with van der Waals surface area (Å²) < 4.78 is 0. The first-order valence-corrected chi connectivity index (χ1v) is 7.70. The molecule has 2 heteroatoms.